The molecule has 82 valence electrons. The highest BCUT2D eigenvalue weighted by Crippen LogP contribution is 2.08. The Kier molecular flexibility index (Phi) is 2.76. The highest BCUT2D eigenvalue weighted by Gasteiger charge is 2.14. The molecule has 0 spiro atoms. The Balaban J connectivity index is 2.49. The lowest BCUT2D eigenvalue weighted by molar-refractivity contribution is 0.425. The Bertz CT molecular complexity index is 513. The summed E-state index contributed by atoms with van der Waals surface area (Å²) in [4.78, 5) is 0. The first kappa shape index (κ1) is 10.8. The van der Waals surface area contributed by atoms with Crippen LogP contribution in [-0.4, -0.2) is 26.9 Å². The quantitative estimate of drug-likeness (QED) is 0.700. The van der Waals surface area contributed by atoms with Crippen molar-refractivity contribution in [3.8, 4) is 5.69 Å². The van der Waals surface area contributed by atoms with Crippen LogP contribution in [0.3, 0.4) is 0 Å². The van der Waals surface area contributed by atoms with Crippen LogP contribution in [0, 0.1) is 12.7 Å². The number of hydrogen-bond donors (Lipinski definition) is 2. The summed E-state index contributed by atoms with van der Waals surface area (Å²) in [5.41, 5.74) is 1.50. The average molecular weight is 220 g/mol. The fourth-order valence-electron chi connectivity index (χ4n) is 1.43. The van der Waals surface area contributed by atoms with Gasteiger partial charge in [0.15, 0.2) is 0 Å². The summed E-state index contributed by atoms with van der Waals surface area (Å²) in [7, 11) is -1.69. The number of hydrogen-bond acceptors (Lipinski definition) is 3. The van der Waals surface area contributed by atoms with E-state index in [-0.39, 0.29) is 5.46 Å². The van der Waals surface area contributed by atoms with Crippen LogP contribution in [0.15, 0.2) is 30.6 Å². The van der Waals surface area contributed by atoms with E-state index in [4.69, 9.17) is 10.0 Å². The summed E-state index contributed by atoms with van der Waals surface area (Å²) in [5.74, 6) is -0.534. The second-order valence-corrected chi connectivity index (χ2v) is 3.58. The molecule has 0 aliphatic rings. The zero-order valence-electron chi connectivity index (χ0n) is 8.63. The fourth-order valence-corrected chi connectivity index (χ4v) is 1.43. The van der Waals surface area contributed by atoms with E-state index in [2.05, 4.69) is 5.10 Å². The van der Waals surface area contributed by atoms with E-state index >= 15 is 0 Å². The van der Waals surface area contributed by atoms with Gasteiger partial charge >= 0.3 is 7.12 Å². The van der Waals surface area contributed by atoms with E-state index in [0.29, 0.717) is 5.69 Å². The monoisotopic (exact) mass is 220 g/mol. The third-order valence-electron chi connectivity index (χ3n) is 2.18. The molecule has 4 nitrogen and oxygen atoms in total. The zero-order valence-corrected chi connectivity index (χ0v) is 8.63. The Hall–Kier alpha value is -1.66. The zero-order chi connectivity index (χ0) is 11.7. The summed E-state index contributed by atoms with van der Waals surface area (Å²) < 4.78 is 14.7. The molecule has 0 aliphatic heterocycles. The van der Waals surface area contributed by atoms with Crippen LogP contribution in [0.5, 0.6) is 0 Å². The lowest BCUT2D eigenvalue weighted by atomic mass is 9.80. The van der Waals surface area contributed by atoms with Crippen molar-refractivity contribution >= 4 is 12.6 Å². The number of halogens is 1. The van der Waals surface area contributed by atoms with Gasteiger partial charge in [-0.2, -0.15) is 5.10 Å². The maximum Gasteiger partial charge on any atom is 0.488 e. The lowest BCUT2D eigenvalue weighted by Crippen LogP contribution is -2.30. The van der Waals surface area contributed by atoms with Crippen molar-refractivity contribution in [2.75, 3.05) is 0 Å². The number of aryl methyl sites for hydroxylation is 1. The van der Waals surface area contributed by atoms with Gasteiger partial charge in [0.1, 0.15) is 5.82 Å². The molecule has 0 fully saturated rings. The van der Waals surface area contributed by atoms with Gasteiger partial charge in [-0.3, -0.25) is 0 Å². The minimum absolute atomic E-state index is 0.100. The van der Waals surface area contributed by atoms with Crippen LogP contribution in [0.4, 0.5) is 4.39 Å². The molecule has 2 N–H and O–H groups in total. The molecule has 0 bridgehead atoms. The SMILES string of the molecule is Cc1cnn(-c2cc(F)cc(B(O)O)c2)c1. The molecular formula is C10H10BFN2O2. The molecule has 0 radical (unpaired) electrons. The fraction of sp³-hybridized carbons (Fsp3) is 0.100. The van der Waals surface area contributed by atoms with Gasteiger partial charge in [0.05, 0.1) is 11.9 Å². The smallest absolute Gasteiger partial charge is 0.423 e. The van der Waals surface area contributed by atoms with Crippen molar-refractivity contribution in [1.29, 1.82) is 0 Å². The minimum atomic E-state index is -1.69. The van der Waals surface area contributed by atoms with Crippen LogP contribution >= 0.6 is 0 Å². The topological polar surface area (TPSA) is 58.3 Å². The molecule has 0 saturated heterocycles. The lowest BCUT2D eigenvalue weighted by Gasteiger charge is -2.05. The van der Waals surface area contributed by atoms with Crippen molar-refractivity contribution in [2.45, 2.75) is 6.92 Å². The van der Waals surface area contributed by atoms with Gasteiger partial charge in [-0.05, 0) is 36.1 Å². The van der Waals surface area contributed by atoms with Crippen LogP contribution in [0.25, 0.3) is 5.69 Å². The standard InChI is InChI=1S/C10H10BFN2O2/c1-7-5-13-14(6-7)10-3-8(11(15)16)2-9(12)4-10/h2-6,15-16H,1H3. The van der Waals surface area contributed by atoms with Crippen LogP contribution in [-0.2, 0) is 0 Å². The summed E-state index contributed by atoms with van der Waals surface area (Å²) in [6, 6.07) is 3.82. The first-order valence-corrected chi connectivity index (χ1v) is 4.74. The Morgan fingerprint density at radius 2 is 2.06 bits per heavy atom. The first-order chi connectivity index (χ1) is 7.56. The second kappa shape index (κ2) is 4.07. The Morgan fingerprint density at radius 1 is 1.31 bits per heavy atom. The van der Waals surface area contributed by atoms with Crippen molar-refractivity contribution < 1.29 is 14.4 Å². The molecule has 1 aromatic heterocycles. The van der Waals surface area contributed by atoms with Gasteiger partial charge in [0, 0.05) is 6.20 Å². The van der Waals surface area contributed by atoms with Crippen LogP contribution in [0.2, 0.25) is 0 Å². The third kappa shape index (κ3) is 2.12. The summed E-state index contributed by atoms with van der Waals surface area (Å²) >= 11 is 0. The number of benzene rings is 1. The van der Waals surface area contributed by atoms with Gasteiger partial charge in [-0.1, -0.05) is 0 Å². The van der Waals surface area contributed by atoms with E-state index in [9.17, 15) is 4.39 Å². The Labute approximate surface area is 92.1 Å². The normalized spacial score (nSPS) is 10.5. The summed E-state index contributed by atoms with van der Waals surface area (Å²) in [6.45, 7) is 1.87. The van der Waals surface area contributed by atoms with E-state index < -0.39 is 12.9 Å². The molecule has 2 aromatic rings. The van der Waals surface area contributed by atoms with Crippen molar-refractivity contribution in [3.05, 3.63) is 42.0 Å². The van der Waals surface area contributed by atoms with Gasteiger partial charge in [0.25, 0.3) is 0 Å². The summed E-state index contributed by atoms with van der Waals surface area (Å²) in [5, 5.41) is 22.0. The number of aromatic nitrogens is 2. The van der Waals surface area contributed by atoms with Crippen LogP contribution < -0.4 is 5.46 Å². The van der Waals surface area contributed by atoms with E-state index in [1.54, 1.807) is 12.4 Å². The maximum atomic E-state index is 13.2. The summed E-state index contributed by atoms with van der Waals surface area (Å²) in [6.07, 6.45) is 3.36. The number of nitrogens with zero attached hydrogens (tertiary/aromatic N) is 2. The molecule has 0 aliphatic carbocycles. The van der Waals surface area contributed by atoms with Gasteiger partial charge in [0.2, 0.25) is 0 Å². The maximum absolute atomic E-state index is 13.2. The van der Waals surface area contributed by atoms with Gasteiger partial charge in [-0.25, -0.2) is 9.07 Å². The van der Waals surface area contributed by atoms with E-state index in [1.807, 2.05) is 6.92 Å². The third-order valence-corrected chi connectivity index (χ3v) is 2.18. The van der Waals surface area contributed by atoms with E-state index in [0.717, 1.165) is 11.6 Å². The van der Waals surface area contributed by atoms with Crippen molar-refractivity contribution in [1.82, 2.24) is 9.78 Å². The molecule has 6 heteroatoms. The van der Waals surface area contributed by atoms with Crippen LogP contribution in [0.1, 0.15) is 5.56 Å². The number of rotatable bonds is 2. The predicted octanol–water partition coefficient (Wildman–Crippen LogP) is -0.000380. The molecule has 1 aromatic carbocycles. The van der Waals surface area contributed by atoms with Gasteiger partial charge < -0.3 is 10.0 Å². The molecular weight excluding hydrogens is 210 g/mol. The predicted molar refractivity (Wildman–Crippen MR) is 58.1 cm³/mol. The van der Waals surface area contributed by atoms with Gasteiger partial charge in [-0.15, -0.1) is 0 Å². The van der Waals surface area contributed by atoms with Crippen molar-refractivity contribution in [2.24, 2.45) is 0 Å². The highest BCUT2D eigenvalue weighted by molar-refractivity contribution is 6.58. The molecule has 16 heavy (non-hydrogen) atoms. The molecule has 1 heterocycles. The second-order valence-electron chi connectivity index (χ2n) is 3.58. The van der Waals surface area contributed by atoms with Crippen molar-refractivity contribution in [3.63, 3.8) is 0 Å². The molecule has 0 atom stereocenters. The largest absolute Gasteiger partial charge is 0.488 e. The molecule has 0 saturated carbocycles. The molecule has 0 amide bonds. The average Bonchev–Trinajstić information content (AvgIpc) is 2.64. The molecule has 0 unspecified atom stereocenters. The molecule has 2 rings (SSSR count). The highest BCUT2D eigenvalue weighted by atomic mass is 19.1. The Morgan fingerprint density at radius 3 is 2.62 bits per heavy atom. The first-order valence-electron chi connectivity index (χ1n) is 4.74. The van der Waals surface area contributed by atoms with E-state index in [1.165, 1.54) is 16.8 Å². The minimum Gasteiger partial charge on any atom is -0.423 e.